The third kappa shape index (κ3) is 4.51. The number of amides is 3. The van der Waals surface area contributed by atoms with Crippen molar-refractivity contribution in [3.63, 3.8) is 0 Å². The second-order valence-corrected chi connectivity index (χ2v) is 8.44. The lowest BCUT2D eigenvalue weighted by Crippen LogP contribution is -2.59. The molecule has 9 heteroatoms. The van der Waals surface area contributed by atoms with Crippen LogP contribution in [0.3, 0.4) is 0 Å². The summed E-state index contributed by atoms with van der Waals surface area (Å²) in [6.07, 6.45) is 0. The zero-order chi connectivity index (χ0) is 22.1. The van der Waals surface area contributed by atoms with Crippen molar-refractivity contribution in [1.82, 2.24) is 20.3 Å². The summed E-state index contributed by atoms with van der Waals surface area (Å²) in [5.74, 6) is 1.23. The van der Waals surface area contributed by atoms with Gasteiger partial charge in [-0.25, -0.2) is 4.79 Å². The number of hydrogen-bond donors (Lipinski definition) is 2. The molecule has 1 fully saturated rings. The normalized spacial score (nSPS) is 19.5. The molecule has 1 atom stereocenters. The van der Waals surface area contributed by atoms with Gasteiger partial charge in [0.1, 0.15) is 18.1 Å². The fourth-order valence-electron chi connectivity index (χ4n) is 4.15. The number of nitrogens with one attached hydrogen (secondary N) is 2. The maximum Gasteiger partial charge on any atom is 0.317 e. The molecule has 4 rings (SSSR count). The quantitative estimate of drug-likeness (QED) is 0.764. The fourth-order valence-corrected chi connectivity index (χ4v) is 4.15. The van der Waals surface area contributed by atoms with Gasteiger partial charge in [-0.3, -0.25) is 9.69 Å². The van der Waals surface area contributed by atoms with Crippen LogP contribution < -0.4 is 15.4 Å². The van der Waals surface area contributed by atoms with E-state index in [2.05, 4.69) is 20.7 Å². The molecule has 0 unspecified atom stereocenters. The van der Waals surface area contributed by atoms with Crippen molar-refractivity contribution >= 4 is 17.6 Å². The molecule has 2 aliphatic rings. The number of carbonyl (C=O) groups is 2. The van der Waals surface area contributed by atoms with Crippen LogP contribution >= 0.6 is 0 Å². The third-order valence-electron chi connectivity index (χ3n) is 5.66. The molecule has 0 saturated carbocycles. The smallest absolute Gasteiger partial charge is 0.317 e. The van der Waals surface area contributed by atoms with E-state index in [0.29, 0.717) is 37.7 Å². The summed E-state index contributed by atoms with van der Waals surface area (Å²) in [5.41, 5.74) is 3.25. The Hall–Kier alpha value is -3.07. The van der Waals surface area contributed by atoms with E-state index in [9.17, 15) is 9.59 Å². The molecule has 2 aliphatic heterocycles. The number of hydrogen-bond acceptors (Lipinski definition) is 6. The summed E-state index contributed by atoms with van der Waals surface area (Å²) in [5, 5.41) is 9.94. The van der Waals surface area contributed by atoms with Crippen LogP contribution in [0.1, 0.15) is 25.3 Å². The molecule has 0 spiro atoms. The number of nitrogens with zero attached hydrogens (tertiary/aromatic N) is 3. The van der Waals surface area contributed by atoms with Gasteiger partial charge < -0.3 is 24.8 Å². The predicted molar refractivity (Wildman–Crippen MR) is 116 cm³/mol. The Bertz CT molecular complexity index is 967. The van der Waals surface area contributed by atoms with Crippen molar-refractivity contribution in [3.05, 3.63) is 29.7 Å². The molecule has 1 aromatic carbocycles. The lowest BCUT2D eigenvalue weighted by molar-refractivity contribution is -0.118. The first kappa shape index (κ1) is 21.2. The van der Waals surface area contributed by atoms with E-state index in [1.165, 1.54) is 0 Å². The number of benzene rings is 1. The molecule has 3 amide bonds. The topological polar surface area (TPSA) is 99.9 Å². The zero-order valence-electron chi connectivity index (χ0n) is 18.4. The van der Waals surface area contributed by atoms with Gasteiger partial charge in [0, 0.05) is 31.2 Å². The van der Waals surface area contributed by atoms with Gasteiger partial charge in [-0.05, 0) is 45.4 Å². The summed E-state index contributed by atoms with van der Waals surface area (Å²) in [6, 6.07) is 5.63. The van der Waals surface area contributed by atoms with Crippen LogP contribution in [-0.2, 0) is 4.79 Å². The van der Waals surface area contributed by atoms with E-state index in [-0.39, 0.29) is 30.6 Å². The minimum atomic E-state index is -0.104. The summed E-state index contributed by atoms with van der Waals surface area (Å²) in [4.78, 5) is 29.1. The van der Waals surface area contributed by atoms with Crippen LogP contribution in [0.15, 0.2) is 22.7 Å². The maximum atomic E-state index is 12.8. The Balaban J connectivity index is 1.55. The van der Waals surface area contributed by atoms with Gasteiger partial charge in [0.2, 0.25) is 5.91 Å². The molecule has 2 N–H and O–H groups in total. The highest BCUT2D eigenvalue weighted by Crippen LogP contribution is 2.34. The Morgan fingerprint density at radius 3 is 2.81 bits per heavy atom. The second-order valence-electron chi connectivity index (χ2n) is 8.44. The first-order valence-electron chi connectivity index (χ1n) is 10.6. The highest BCUT2D eigenvalue weighted by molar-refractivity contribution is 5.95. The molecular formula is C22H29N5O4. The van der Waals surface area contributed by atoms with E-state index in [4.69, 9.17) is 9.26 Å². The Morgan fingerprint density at radius 2 is 2.10 bits per heavy atom. The minimum Gasteiger partial charge on any atom is -0.490 e. The number of aryl methyl sites for hydroxylation is 2. The number of urea groups is 1. The second kappa shape index (κ2) is 8.58. The Kier molecular flexibility index (Phi) is 5.86. The first-order chi connectivity index (χ1) is 14.8. The average molecular weight is 428 g/mol. The number of rotatable bonds is 2. The first-order valence-corrected chi connectivity index (χ1v) is 10.6. The van der Waals surface area contributed by atoms with E-state index in [1.807, 2.05) is 45.9 Å². The number of anilines is 1. The Morgan fingerprint density at radius 1 is 1.29 bits per heavy atom. The van der Waals surface area contributed by atoms with Crippen molar-refractivity contribution in [1.29, 1.82) is 0 Å². The highest BCUT2D eigenvalue weighted by Gasteiger charge is 2.32. The molecule has 0 aliphatic carbocycles. The standard InChI is InChI=1S/C22H29N5O4/c1-13(2)23-22(29)27-8-7-26-11-20(28)24-18-9-16(21-14(3)25-31-15(21)4)5-6-19(18)30-12-17(26)10-27/h5-6,9,13,17H,7-8,10-12H2,1-4H3,(H,23,29)(H,24,28)/t17-/m1/s1. The van der Waals surface area contributed by atoms with Crippen molar-refractivity contribution in [3.8, 4) is 16.9 Å². The third-order valence-corrected chi connectivity index (χ3v) is 5.66. The summed E-state index contributed by atoms with van der Waals surface area (Å²) in [7, 11) is 0. The number of aromatic nitrogens is 1. The average Bonchev–Trinajstić information content (AvgIpc) is 3.07. The van der Waals surface area contributed by atoms with Crippen LogP contribution in [0.5, 0.6) is 5.75 Å². The Labute approximate surface area is 181 Å². The molecule has 1 saturated heterocycles. The largest absolute Gasteiger partial charge is 0.490 e. The SMILES string of the molecule is Cc1noc(C)c1-c1ccc2c(c1)NC(=O)CN1CCN(C(=O)NC(C)C)C[C@@H]1CO2. The van der Waals surface area contributed by atoms with Crippen LogP contribution in [0.2, 0.25) is 0 Å². The predicted octanol–water partition coefficient (Wildman–Crippen LogP) is 2.39. The van der Waals surface area contributed by atoms with Crippen LogP contribution in [-0.4, -0.2) is 71.8 Å². The van der Waals surface area contributed by atoms with Gasteiger partial charge in [-0.2, -0.15) is 0 Å². The lowest BCUT2D eigenvalue weighted by Gasteiger charge is -2.40. The van der Waals surface area contributed by atoms with Gasteiger partial charge in [-0.15, -0.1) is 0 Å². The molecular weight excluding hydrogens is 398 g/mol. The minimum absolute atomic E-state index is 0.0643. The monoisotopic (exact) mass is 427 g/mol. The van der Waals surface area contributed by atoms with Crippen LogP contribution in [0.4, 0.5) is 10.5 Å². The van der Waals surface area contributed by atoms with Crippen molar-refractivity contribution in [2.75, 3.05) is 38.1 Å². The van der Waals surface area contributed by atoms with E-state index >= 15 is 0 Å². The summed E-state index contributed by atoms with van der Waals surface area (Å²) >= 11 is 0. The van der Waals surface area contributed by atoms with E-state index in [1.54, 1.807) is 4.90 Å². The van der Waals surface area contributed by atoms with Crippen LogP contribution in [0, 0.1) is 13.8 Å². The van der Waals surface area contributed by atoms with Gasteiger partial charge >= 0.3 is 6.03 Å². The highest BCUT2D eigenvalue weighted by atomic mass is 16.5. The lowest BCUT2D eigenvalue weighted by atomic mass is 10.0. The van der Waals surface area contributed by atoms with Crippen LogP contribution in [0.25, 0.3) is 11.1 Å². The zero-order valence-corrected chi connectivity index (χ0v) is 18.4. The van der Waals surface area contributed by atoms with Gasteiger partial charge in [0.15, 0.2) is 0 Å². The number of piperazine rings is 1. The summed E-state index contributed by atoms with van der Waals surface area (Å²) in [6.45, 7) is 9.98. The molecule has 0 radical (unpaired) electrons. The van der Waals surface area contributed by atoms with Gasteiger partial charge in [0.05, 0.1) is 24.0 Å². The molecule has 31 heavy (non-hydrogen) atoms. The molecule has 9 nitrogen and oxygen atoms in total. The van der Waals surface area contributed by atoms with Gasteiger partial charge in [0.25, 0.3) is 0 Å². The van der Waals surface area contributed by atoms with Gasteiger partial charge in [-0.1, -0.05) is 11.2 Å². The van der Waals surface area contributed by atoms with E-state index in [0.717, 1.165) is 22.6 Å². The number of fused-ring (bicyclic) bond motifs is 2. The van der Waals surface area contributed by atoms with Crippen molar-refractivity contribution in [2.45, 2.75) is 39.8 Å². The maximum absolute atomic E-state index is 12.8. The number of ether oxygens (including phenoxy) is 1. The van der Waals surface area contributed by atoms with Crippen molar-refractivity contribution < 1.29 is 18.8 Å². The molecule has 1 aromatic heterocycles. The van der Waals surface area contributed by atoms with E-state index < -0.39 is 0 Å². The fraction of sp³-hybridized carbons (Fsp3) is 0.500. The van der Waals surface area contributed by atoms with Crippen molar-refractivity contribution in [2.24, 2.45) is 0 Å². The molecule has 2 aromatic rings. The molecule has 166 valence electrons. The number of carbonyl (C=O) groups excluding carboxylic acids is 2. The molecule has 0 bridgehead atoms. The molecule has 3 heterocycles. The summed E-state index contributed by atoms with van der Waals surface area (Å²) < 4.78 is 11.4.